The number of ether oxygens (including phenoxy) is 1. The number of aliphatic hydroxyl groups excluding tert-OH is 1. The van der Waals surface area contributed by atoms with Gasteiger partial charge < -0.3 is 15.2 Å². The lowest BCUT2D eigenvalue weighted by Gasteiger charge is -2.20. The molecule has 0 radical (unpaired) electrons. The molecule has 0 aliphatic rings. The van der Waals surface area contributed by atoms with Crippen molar-refractivity contribution in [2.24, 2.45) is 0 Å². The van der Waals surface area contributed by atoms with E-state index in [4.69, 9.17) is 16.3 Å². The number of nitrogens with one attached hydrogen (secondary N) is 1. The highest BCUT2D eigenvalue weighted by atomic mass is 35.5. The number of anilines is 1. The molecule has 0 aromatic carbocycles. The van der Waals surface area contributed by atoms with Crippen molar-refractivity contribution in [3.05, 3.63) is 16.5 Å². The maximum atomic E-state index is 9.64. The van der Waals surface area contributed by atoms with Crippen molar-refractivity contribution in [3.63, 3.8) is 0 Å². The first-order valence-electron chi connectivity index (χ1n) is 6.21. The van der Waals surface area contributed by atoms with E-state index in [1.165, 1.54) is 0 Å². The number of rotatable bonds is 5. The van der Waals surface area contributed by atoms with E-state index in [1.54, 1.807) is 7.11 Å². The maximum absolute atomic E-state index is 9.64. The molecule has 1 heterocycles. The fourth-order valence-electron chi connectivity index (χ4n) is 1.46. The van der Waals surface area contributed by atoms with Gasteiger partial charge in [-0.1, -0.05) is 32.4 Å². The minimum Gasteiger partial charge on any atom is -0.389 e. The predicted octanol–water partition coefficient (Wildman–Crippen LogP) is 2.16. The summed E-state index contributed by atoms with van der Waals surface area (Å²) < 4.78 is 4.88. The summed E-state index contributed by atoms with van der Waals surface area (Å²) >= 11 is 6.12. The molecule has 0 bridgehead atoms. The van der Waals surface area contributed by atoms with Crippen molar-refractivity contribution in [2.45, 2.75) is 39.2 Å². The van der Waals surface area contributed by atoms with Crippen LogP contribution in [0.2, 0.25) is 5.15 Å². The number of nitrogens with zero attached hydrogens (tertiary/aromatic N) is 2. The monoisotopic (exact) mass is 287 g/mol. The molecule has 6 heteroatoms. The van der Waals surface area contributed by atoms with Crippen LogP contribution in [0.4, 0.5) is 5.82 Å². The van der Waals surface area contributed by atoms with Crippen LogP contribution < -0.4 is 5.32 Å². The molecule has 0 saturated carbocycles. The van der Waals surface area contributed by atoms with E-state index in [9.17, 15) is 5.11 Å². The minimum absolute atomic E-state index is 0.182. The van der Waals surface area contributed by atoms with Crippen molar-refractivity contribution in [2.75, 3.05) is 25.6 Å². The molecule has 2 N–H and O–H groups in total. The van der Waals surface area contributed by atoms with Gasteiger partial charge in [-0.05, 0) is 6.92 Å². The van der Waals surface area contributed by atoms with Gasteiger partial charge in [-0.15, -0.1) is 0 Å². The fourth-order valence-corrected chi connectivity index (χ4v) is 1.63. The third-order valence-electron chi connectivity index (χ3n) is 2.62. The van der Waals surface area contributed by atoms with Crippen molar-refractivity contribution in [1.82, 2.24) is 9.97 Å². The summed E-state index contributed by atoms with van der Waals surface area (Å²) in [7, 11) is 1.55. The van der Waals surface area contributed by atoms with Gasteiger partial charge in [0.15, 0.2) is 0 Å². The molecule has 1 aromatic rings. The molecule has 5 nitrogen and oxygen atoms in total. The minimum atomic E-state index is -0.587. The van der Waals surface area contributed by atoms with Crippen LogP contribution in [0.15, 0.2) is 0 Å². The van der Waals surface area contributed by atoms with Gasteiger partial charge in [0.05, 0.1) is 12.7 Å². The van der Waals surface area contributed by atoms with Crippen LogP contribution in [0.25, 0.3) is 0 Å². The lowest BCUT2D eigenvalue weighted by molar-refractivity contribution is 0.0727. The molecule has 0 fully saturated rings. The molecule has 1 aromatic heterocycles. The molecular weight excluding hydrogens is 266 g/mol. The Balaban J connectivity index is 2.91. The Morgan fingerprint density at radius 3 is 2.53 bits per heavy atom. The summed E-state index contributed by atoms with van der Waals surface area (Å²) in [6, 6.07) is 0. The molecular formula is C13H22ClN3O2. The molecule has 0 spiro atoms. The molecule has 1 unspecified atom stereocenters. The number of hydrogen-bond donors (Lipinski definition) is 2. The quantitative estimate of drug-likeness (QED) is 0.812. The summed E-state index contributed by atoms with van der Waals surface area (Å²) in [6.45, 7) is 8.55. The van der Waals surface area contributed by atoms with Crippen LogP contribution in [0.3, 0.4) is 0 Å². The Bertz CT molecular complexity index is 433. The second-order valence-corrected chi connectivity index (χ2v) is 5.91. The Hall–Kier alpha value is -0.910. The number of aromatic nitrogens is 2. The predicted molar refractivity (Wildman–Crippen MR) is 76.9 cm³/mol. The first-order chi connectivity index (χ1) is 8.75. The van der Waals surface area contributed by atoms with Gasteiger partial charge in [-0.2, -0.15) is 0 Å². The average Bonchev–Trinajstić information content (AvgIpc) is 2.30. The smallest absolute Gasteiger partial charge is 0.137 e. The summed E-state index contributed by atoms with van der Waals surface area (Å²) in [4.78, 5) is 8.77. The molecule has 0 saturated heterocycles. The van der Waals surface area contributed by atoms with Crippen LogP contribution in [-0.4, -0.2) is 41.4 Å². The first kappa shape index (κ1) is 16.1. The molecule has 1 atom stereocenters. The SMILES string of the molecule is COCC(O)CNc1nc(C(C)(C)C)nc(Cl)c1C. The van der Waals surface area contributed by atoms with Crippen molar-refractivity contribution < 1.29 is 9.84 Å². The second-order valence-electron chi connectivity index (χ2n) is 5.55. The molecule has 0 amide bonds. The highest BCUT2D eigenvalue weighted by molar-refractivity contribution is 6.30. The topological polar surface area (TPSA) is 67.3 Å². The zero-order valence-corrected chi connectivity index (χ0v) is 12.9. The highest BCUT2D eigenvalue weighted by Crippen LogP contribution is 2.25. The van der Waals surface area contributed by atoms with E-state index in [0.717, 1.165) is 5.56 Å². The zero-order chi connectivity index (χ0) is 14.6. The van der Waals surface area contributed by atoms with Gasteiger partial charge >= 0.3 is 0 Å². The molecule has 0 aliphatic heterocycles. The third-order valence-corrected chi connectivity index (χ3v) is 2.99. The van der Waals surface area contributed by atoms with E-state index in [0.29, 0.717) is 23.3 Å². The first-order valence-corrected chi connectivity index (χ1v) is 6.59. The lowest BCUT2D eigenvalue weighted by Crippen LogP contribution is -2.26. The summed E-state index contributed by atoms with van der Waals surface area (Å²) in [5.41, 5.74) is 0.595. The molecule has 108 valence electrons. The van der Waals surface area contributed by atoms with E-state index in [1.807, 2.05) is 27.7 Å². The highest BCUT2D eigenvalue weighted by Gasteiger charge is 2.20. The Kier molecular flexibility index (Phi) is 5.52. The maximum Gasteiger partial charge on any atom is 0.137 e. The van der Waals surface area contributed by atoms with Gasteiger partial charge in [-0.25, -0.2) is 9.97 Å². The summed E-state index contributed by atoms with van der Waals surface area (Å²) in [6.07, 6.45) is -0.587. The van der Waals surface area contributed by atoms with Crippen LogP contribution in [0, 0.1) is 6.92 Å². The van der Waals surface area contributed by atoms with E-state index >= 15 is 0 Å². The number of methoxy groups -OCH3 is 1. The summed E-state index contributed by atoms with van der Waals surface area (Å²) in [5.74, 6) is 1.33. The molecule has 19 heavy (non-hydrogen) atoms. The number of hydrogen-bond acceptors (Lipinski definition) is 5. The van der Waals surface area contributed by atoms with Gasteiger partial charge in [-0.3, -0.25) is 0 Å². The molecule has 1 rings (SSSR count). The Morgan fingerprint density at radius 1 is 1.37 bits per heavy atom. The zero-order valence-electron chi connectivity index (χ0n) is 12.1. The molecule has 0 aliphatic carbocycles. The lowest BCUT2D eigenvalue weighted by atomic mass is 9.95. The second kappa shape index (κ2) is 6.50. The number of halogens is 1. The van der Waals surface area contributed by atoms with Gasteiger partial charge in [0.25, 0.3) is 0 Å². The summed E-state index contributed by atoms with van der Waals surface area (Å²) in [5, 5.41) is 13.2. The van der Waals surface area contributed by atoms with Crippen LogP contribution >= 0.6 is 11.6 Å². The van der Waals surface area contributed by atoms with Gasteiger partial charge in [0.1, 0.15) is 16.8 Å². The van der Waals surface area contributed by atoms with Crippen molar-refractivity contribution in [3.8, 4) is 0 Å². The van der Waals surface area contributed by atoms with E-state index in [-0.39, 0.29) is 12.0 Å². The Labute approximate surface area is 119 Å². The van der Waals surface area contributed by atoms with Crippen molar-refractivity contribution in [1.29, 1.82) is 0 Å². The van der Waals surface area contributed by atoms with Crippen LogP contribution in [0.1, 0.15) is 32.2 Å². The third kappa shape index (κ3) is 4.60. The van der Waals surface area contributed by atoms with E-state index < -0.39 is 6.10 Å². The fraction of sp³-hybridized carbons (Fsp3) is 0.692. The van der Waals surface area contributed by atoms with Crippen molar-refractivity contribution >= 4 is 17.4 Å². The standard InChI is InChI=1S/C13H22ClN3O2/c1-8-10(14)16-12(13(2,3)4)17-11(8)15-6-9(18)7-19-5/h9,18H,6-7H2,1-5H3,(H,15,16,17). The normalized spacial score (nSPS) is 13.4. The van der Waals surface area contributed by atoms with Gasteiger partial charge in [0.2, 0.25) is 0 Å². The van der Waals surface area contributed by atoms with Crippen LogP contribution in [0.5, 0.6) is 0 Å². The van der Waals surface area contributed by atoms with Gasteiger partial charge in [0, 0.05) is 24.6 Å². The Morgan fingerprint density at radius 2 is 2.00 bits per heavy atom. The van der Waals surface area contributed by atoms with Crippen LogP contribution in [-0.2, 0) is 10.2 Å². The average molecular weight is 288 g/mol. The largest absolute Gasteiger partial charge is 0.389 e. The number of aliphatic hydroxyl groups is 1. The van der Waals surface area contributed by atoms with E-state index in [2.05, 4.69) is 15.3 Å².